The van der Waals surface area contributed by atoms with E-state index in [1.54, 1.807) is 11.0 Å². The molecule has 3 rings (SSSR count). The summed E-state index contributed by atoms with van der Waals surface area (Å²) in [5.74, 6) is 0.815. The maximum absolute atomic E-state index is 12.5. The van der Waals surface area contributed by atoms with E-state index in [1.807, 2.05) is 36.4 Å². The lowest BCUT2D eigenvalue weighted by Crippen LogP contribution is -2.38. The number of anilines is 1. The van der Waals surface area contributed by atoms with Crippen LogP contribution < -0.4 is 9.64 Å². The van der Waals surface area contributed by atoms with Gasteiger partial charge in [-0.15, -0.1) is 0 Å². The summed E-state index contributed by atoms with van der Waals surface area (Å²) in [7, 11) is 0. The van der Waals surface area contributed by atoms with E-state index >= 15 is 0 Å². The maximum atomic E-state index is 12.5. The third-order valence-corrected chi connectivity index (χ3v) is 4.53. The minimum absolute atomic E-state index is 0.0618. The molecule has 3 nitrogen and oxygen atoms in total. The number of hydrogen-bond donors (Lipinski definition) is 0. The zero-order chi connectivity index (χ0) is 15.5. The van der Waals surface area contributed by atoms with Crippen LogP contribution in [-0.2, 0) is 11.2 Å². The Labute approximate surface area is 139 Å². The number of rotatable bonds is 3. The van der Waals surface area contributed by atoms with Gasteiger partial charge in [-0.2, -0.15) is 0 Å². The Morgan fingerprint density at radius 2 is 1.95 bits per heavy atom. The molecule has 0 bridgehead atoms. The van der Waals surface area contributed by atoms with Gasteiger partial charge in [-0.05, 0) is 30.2 Å². The van der Waals surface area contributed by atoms with Crippen molar-refractivity contribution in [3.8, 4) is 5.75 Å². The molecular formula is C17H15Cl2NO2. The van der Waals surface area contributed by atoms with Crippen LogP contribution in [-0.4, -0.2) is 19.1 Å². The smallest absolute Gasteiger partial charge is 0.227 e. The van der Waals surface area contributed by atoms with Gasteiger partial charge in [0.25, 0.3) is 0 Å². The van der Waals surface area contributed by atoms with Crippen LogP contribution in [0.25, 0.3) is 0 Å². The number of benzene rings is 2. The van der Waals surface area contributed by atoms with E-state index in [1.165, 1.54) is 0 Å². The standard InChI is InChI=1S/C17H15Cl2NO2/c18-13-5-3-4-12(17(13)19)8-9-16(21)20-10-11-22-15-7-2-1-6-14(15)20/h1-7H,8-11H2. The second-order valence-electron chi connectivity index (χ2n) is 5.07. The average molecular weight is 336 g/mol. The number of para-hydroxylation sites is 2. The molecule has 114 valence electrons. The molecule has 0 saturated heterocycles. The molecule has 0 unspecified atom stereocenters. The van der Waals surface area contributed by atoms with Gasteiger partial charge in [-0.25, -0.2) is 0 Å². The molecule has 0 fully saturated rings. The Balaban J connectivity index is 1.72. The fourth-order valence-corrected chi connectivity index (χ4v) is 2.96. The molecule has 1 aliphatic rings. The van der Waals surface area contributed by atoms with E-state index in [0.29, 0.717) is 36.0 Å². The summed E-state index contributed by atoms with van der Waals surface area (Å²) in [5, 5.41) is 1.04. The molecule has 22 heavy (non-hydrogen) atoms. The van der Waals surface area contributed by atoms with Gasteiger partial charge in [-0.3, -0.25) is 4.79 Å². The van der Waals surface area contributed by atoms with Crippen LogP contribution in [0.3, 0.4) is 0 Å². The van der Waals surface area contributed by atoms with Crippen LogP contribution in [0.1, 0.15) is 12.0 Å². The number of hydrogen-bond acceptors (Lipinski definition) is 2. The van der Waals surface area contributed by atoms with E-state index in [0.717, 1.165) is 17.0 Å². The zero-order valence-corrected chi connectivity index (χ0v) is 13.4. The summed E-state index contributed by atoms with van der Waals surface area (Å²) in [5.41, 5.74) is 1.72. The van der Waals surface area contributed by atoms with Gasteiger partial charge in [0.1, 0.15) is 12.4 Å². The minimum atomic E-state index is 0.0618. The number of carbonyl (C=O) groups is 1. The quantitative estimate of drug-likeness (QED) is 0.834. The van der Waals surface area contributed by atoms with Gasteiger partial charge < -0.3 is 9.64 Å². The molecule has 0 saturated carbocycles. The highest BCUT2D eigenvalue weighted by molar-refractivity contribution is 6.42. The molecule has 1 heterocycles. The lowest BCUT2D eigenvalue weighted by molar-refractivity contribution is -0.118. The molecular weight excluding hydrogens is 321 g/mol. The van der Waals surface area contributed by atoms with Crippen LogP contribution in [0.5, 0.6) is 5.75 Å². The third-order valence-electron chi connectivity index (χ3n) is 3.67. The highest BCUT2D eigenvalue weighted by atomic mass is 35.5. The lowest BCUT2D eigenvalue weighted by Gasteiger charge is -2.29. The molecule has 0 radical (unpaired) electrons. The van der Waals surface area contributed by atoms with Crippen molar-refractivity contribution in [1.29, 1.82) is 0 Å². The number of halogens is 2. The van der Waals surface area contributed by atoms with Gasteiger partial charge in [0.2, 0.25) is 5.91 Å². The molecule has 0 aliphatic carbocycles. The van der Waals surface area contributed by atoms with Gasteiger partial charge in [-0.1, -0.05) is 47.5 Å². The number of nitrogens with zero attached hydrogens (tertiary/aromatic N) is 1. The normalized spacial score (nSPS) is 13.5. The fourth-order valence-electron chi connectivity index (χ4n) is 2.55. The van der Waals surface area contributed by atoms with Crippen molar-refractivity contribution in [3.05, 3.63) is 58.1 Å². The monoisotopic (exact) mass is 335 g/mol. The van der Waals surface area contributed by atoms with Crippen molar-refractivity contribution in [2.45, 2.75) is 12.8 Å². The number of ether oxygens (including phenoxy) is 1. The van der Waals surface area contributed by atoms with Crippen LogP contribution in [0.2, 0.25) is 10.0 Å². The summed E-state index contributed by atoms with van der Waals surface area (Å²) < 4.78 is 5.57. The zero-order valence-electron chi connectivity index (χ0n) is 11.9. The number of aryl methyl sites for hydroxylation is 1. The van der Waals surface area contributed by atoms with Crippen LogP contribution in [0, 0.1) is 0 Å². The molecule has 0 atom stereocenters. The summed E-state index contributed by atoms with van der Waals surface area (Å²) >= 11 is 12.2. The van der Waals surface area contributed by atoms with Gasteiger partial charge >= 0.3 is 0 Å². The largest absolute Gasteiger partial charge is 0.490 e. The molecule has 0 spiro atoms. The Morgan fingerprint density at radius 3 is 2.82 bits per heavy atom. The molecule has 5 heteroatoms. The van der Waals surface area contributed by atoms with Crippen LogP contribution >= 0.6 is 23.2 Å². The predicted molar refractivity (Wildman–Crippen MR) is 89.1 cm³/mol. The second kappa shape index (κ2) is 6.59. The molecule has 1 amide bonds. The first-order chi connectivity index (χ1) is 10.7. The van der Waals surface area contributed by atoms with Crippen molar-refractivity contribution >= 4 is 34.8 Å². The molecule has 0 N–H and O–H groups in total. The lowest BCUT2D eigenvalue weighted by atomic mass is 10.1. The second-order valence-corrected chi connectivity index (χ2v) is 5.86. The molecule has 1 aliphatic heterocycles. The average Bonchev–Trinajstić information content (AvgIpc) is 2.55. The summed E-state index contributed by atoms with van der Waals surface area (Å²) in [6.07, 6.45) is 0.951. The van der Waals surface area contributed by atoms with E-state index in [4.69, 9.17) is 27.9 Å². The number of carbonyl (C=O) groups excluding carboxylic acids is 1. The van der Waals surface area contributed by atoms with E-state index in [-0.39, 0.29) is 5.91 Å². The van der Waals surface area contributed by atoms with Gasteiger partial charge in [0.05, 0.1) is 22.3 Å². The van der Waals surface area contributed by atoms with E-state index in [2.05, 4.69) is 0 Å². The summed E-state index contributed by atoms with van der Waals surface area (Å²) in [6.45, 7) is 1.08. The van der Waals surface area contributed by atoms with Crippen LogP contribution in [0.4, 0.5) is 5.69 Å². The van der Waals surface area contributed by atoms with Crippen molar-refractivity contribution in [2.75, 3.05) is 18.1 Å². The SMILES string of the molecule is O=C(CCc1cccc(Cl)c1Cl)N1CCOc2ccccc21. The highest BCUT2D eigenvalue weighted by Crippen LogP contribution is 2.32. The van der Waals surface area contributed by atoms with Crippen molar-refractivity contribution in [3.63, 3.8) is 0 Å². The summed E-state index contributed by atoms with van der Waals surface area (Å²) in [6, 6.07) is 13.1. The van der Waals surface area contributed by atoms with Crippen molar-refractivity contribution in [2.24, 2.45) is 0 Å². The minimum Gasteiger partial charge on any atom is -0.490 e. The highest BCUT2D eigenvalue weighted by Gasteiger charge is 2.23. The number of amides is 1. The van der Waals surface area contributed by atoms with E-state index < -0.39 is 0 Å². The fraction of sp³-hybridized carbons (Fsp3) is 0.235. The van der Waals surface area contributed by atoms with Crippen LogP contribution in [0.15, 0.2) is 42.5 Å². The first-order valence-corrected chi connectivity index (χ1v) is 7.87. The summed E-state index contributed by atoms with van der Waals surface area (Å²) in [4.78, 5) is 14.3. The number of fused-ring (bicyclic) bond motifs is 1. The van der Waals surface area contributed by atoms with Gasteiger partial charge in [0.15, 0.2) is 0 Å². The maximum Gasteiger partial charge on any atom is 0.227 e. The van der Waals surface area contributed by atoms with Crippen molar-refractivity contribution in [1.82, 2.24) is 0 Å². The van der Waals surface area contributed by atoms with Gasteiger partial charge in [0, 0.05) is 6.42 Å². The molecule has 2 aromatic carbocycles. The Hall–Kier alpha value is -1.71. The first kappa shape index (κ1) is 15.2. The Morgan fingerprint density at radius 1 is 1.14 bits per heavy atom. The first-order valence-electron chi connectivity index (χ1n) is 7.12. The predicted octanol–water partition coefficient (Wildman–Crippen LogP) is 4.35. The van der Waals surface area contributed by atoms with Crippen molar-refractivity contribution < 1.29 is 9.53 Å². The Kier molecular flexibility index (Phi) is 4.55. The third kappa shape index (κ3) is 3.06. The molecule has 2 aromatic rings. The molecule has 0 aromatic heterocycles. The Bertz CT molecular complexity index is 703. The van der Waals surface area contributed by atoms with E-state index in [9.17, 15) is 4.79 Å². The topological polar surface area (TPSA) is 29.5 Å².